The Kier molecular flexibility index (Phi) is 12.3. The lowest BCUT2D eigenvalue weighted by Gasteiger charge is -2.02. The minimum Gasteiger partial charge on any atom is -0.481 e. The van der Waals surface area contributed by atoms with E-state index in [9.17, 15) is 4.79 Å². The first-order valence-electron chi connectivity index (χ1n) is 5.96. The van der Waals surface area contributed by atoms with Crippen molar-refractivity contribution in [1.82, 2.24) is 0 Å². The van der Waals surface area contributed by atoms with E-state index in [1.807, 2.05) is 20.8 Å². The second-order valence-corrected chi connectivity index (χ2v) is 4.39. The molecule has 0 aromatic heterocycles. The SMILES string of the molecule is CC(C)=CCC(CO)=C(C)C.CCCC(=O)O. The summed E-state index contributed by atoms with van der Waals surface area (Å²) in [5, 5.41) is 16.8. The molecule has 0 aliphatic rings. The second-order valence-electron chi connectivity index (χ2n) is 4.39. The fourth-order valence-corrected chi connectivity index (χ4v) is 0.968. The molecule has 2 N–H and O–H groups in total. The summed E-state index contributed by atoms with van der Waals surface area (Å²) < 4.78 is 0. The molecule has 0 saturated heterocycles. The van der Waals surface area contributed by atoms with E-state index < -0.39 is 5.97 Å². The average Bonchev–Trinajstić information content (AvgIpc) is 2.18. The topological polar surface area (TPSA) is 57.5 Å². The number of carboxylic acids is 1. The van der Waals surface area contributed by atoms with Crippen LogP contribution in [0.2, 0.25) is 0 Å². The third kappa shape index (κ3) is 14.9. The maximum absolute atomic E-state index is 9.60. The molecule has 17 heavy (non-hydrogen) atoms. The molecule has 3 nitrogen and oxygen atoms in total. The molecule has 0 unspecified atom stereocenters. The van der Waals surface area contributed by atoms with Crippen molar-refractivity contribution < 1.29 is 15.0 Å². The van der Waals surface area contributed by atoms with E-state index in [-0.39, 0.29) is 6.61 Å². The average molecular weight is 242 g/mol. The predicted octanol–water partition coefficient (Wildman–Crippen LogP) is 3.54. The summed E-state index contributed by atoms with van der Waals surface area (Å²) in [6, 6.07) is 0. The molecule has 3 heteroatoms. The quantitative estimate of drug-likeness (QED) is 0.725. The monoisotopic (exact) mass is 242 g/mol. The van der Waals surface area contributed by atoms with Crippen LogP contribution in [0.25, 0.3) is 0 Å². The molecule has 0 spiro atoms. The van der Waals surface area contributed by atoms with Crippen molar-refractivity contribution in [2.24, 2.45) is 0 Å². The maximum atomic E-state index is 9.60. The molecule has 0 aliphatic heterocycles. The summed E-state index contributed by atoms with van der Waals surface area (Å²) in [4.78, 5) is 9.60. The Morgan fingerprint density at radius 1 is 1.18 bits per heavy atom. The molecule has 0 atom stereocenters. The first-order valence-corrected chi connectivity index (χ1v) is 5.96. The highest BCUT2D eigenvalue weighted by Gasteiger charge is 1.94. The van der Waals surface area contributed by atoms with Gasteiger partial charge in [0.05, 0.1) is 6.61 Å². The molecule has 0 fully saturated rings. The van der Waals surface area contributed by atoms with Gasteiger partial charge in [0.1, 0.15) is 0 Å². The zero-order valence-electron chi connectivity index (χ0n) is 11.7. The highest BCUT2D eigenvalue weighted by Crippen LogP contribution is 2.09. The number of carbonyl (C=O) groups is 1. The maximum Gasteiger partial charge on any atom is 0.303 e. The number of hydrogen-bond acceptors (Lipinski definition) is 2. The summed E-state index contributed by atoms with van der Waals surface area (Å²) in [6.07, 6.45) is 4.05. The van der Waals surface area contributed by atoms with Crippen molar-refractivity contribution in [2.45, 2.75) is 53.9 Å². The van der Waals surface area contributed by atoms with E-state index >= 15 is 0 Å². The zero-order chi connectivity index (χ0) is 13.8. The van der Waals surface area contributed by atoms with E-state index in [1.165, 1.54) is 11.1 Å². The van der Waals surface area contributed by atoms with Gasteiger partial charge in [0.15, 0.2) is 0 Å². The van der Waals surface area contributed by atoms with Gasteiger partial charge in [-0.3, -0.25) is 4.79 Å². The van der Waals surface area contributed by atoms with Crippen LogP contribution in [0.4, 0.5) is 0 Å². The van der Waals surface area contributed by atoms with Gasteiger partial charge in [-0.25, -0.2) is 0 Å². The molecule has 0 rings (SSSR count). The highest BCUT2D eigenvalue weighted by molar-refractivity contribution is 5.66. The molecule has 0 aromatic rings. The minimum absolute atomic E-state index is 0.187. The Bertz CT molecular complexity index is 267. The second kappa shape index (κ2) is 11.4. The van der Waals surface area contributed by atoms with Gasteiger partial charge in [-0.1, -0.05) is 24.1 Å². The Morgan fingerprint density at radius 2 is 1.71 bits per heavy atom. The lowest BCUT2D eigenvalue weighted by atomic mass is 10.1. The summed E-state index contributed by atoms with van der Waals surface area (Å²) >= 11 is 0. The van der Waals surface area contributed by atoms with Crippen LogP contribution in [-0.2, 0) is 4.79 Å². The van der Waals surface area contributed by atoms with E-state index in [1.54, 1.807) is 0 Å². The molecule has 0 aliphatic carbocycles. The molecule has 0 amide bonds. The van der Waals surface area contributed by atoms with Gasteiger partial charge in [-0.15, -0.1) is 0 Å². The number of rotatable bonds is 5. The molecular weight excluding hydrogens is 216 g/mol. The zero-order valence-corrected chi connectivity index (χ0v) is 11.7. The van der Waals surface area contributed by atoms with Crippen LogP contribution in [0, 0.1) is 0 Å². The lowest BCUT2D eigenvalue weighted by Crippen LogP contribution is -1.91. The van der Waals surface area contributed by atoms with Crippen molar-refractivity contribution in [3.63, 3.8) is 0 Å². The molecule has 0 aromatic carbocycles. The fraction of sp³-hybridized carbons (Fsp3) is 0.643. The van der Waals surface area contributed by atoms with Crippen LogP contribution in [0.3, 0.4) is 0 Å². The summed E-state index contributed by atoms with van der Waals surface area (Å²) in [7, 11) is 0. The van der Waals surface area contributed by atoms with Crippen LogP contribution in [-0.4, -0.2) is 22.8 Å². The number of aliphatic carboxylic acids is 1. The molecular formula is C14H26O3. The summed E-state index contributed by atoms with van der Waals surface area (Å²) in [5.74, 6) is -0.711. The molecule has 0 radical (unpaired) electrons. The normalized spacial score (nSPS) is 8.82. The van der Waals surface area contributed by atoms with E-state index in [4.69, 9.17) is 10.2 Å². The highest BCUT2D eigenvalue weighted by atomic mass is 16.4. The van der Waals surface area contributed by atoms with Gasteiger partial charge < -0.3 is 10.2 Å². The number of allylic oxidation sites excluding steroid dienone is 3. The van der Waals surface area contributed by atoms with Crippen LogP contribution >= 0.6 is 0 Å². The van der Waals surface area contributed by atoms with Gasteiger partial charge >= 0.3 is 5.97 Å². The van der Waals surface area contributed by atoms with Crippen LogP contribution in [0.5, 0.6) is 0 Å². The first-order chi connectivity index (χ1) is 7.84. The Morgan fingerprint density at radius 3 is 1.88 bits per heavy atom. The van der Waals surface area contributed by atoms with E-state index in [0.29, 0.717) is 6.42 Å². The van der Waals surface area contributed by atoms with E-state index in [0.717, 1.165) is 18.4 Å². The van der Waals surface area contributed by atoms with Gasteiger partial charge in [0.2, 0.25) is 0 Å². The predicted molar refractivity (Wildman–Crippen MR) is 72.1 cm³/mol. The first kappa shape index (κ1) is 18.3. The van der Waals surface area contributed by atoms with Crippen molar-refractivity contribution in [3.8, 4) is 0 Å². The summed E-state index contributed by atoms with van der Waals surface area (Å²) in [6.45, 7) is 10.2. The number of aliphatic hydroxyl groups is 1. The molecule has 0 bridgehead atoms. The molecule has 0 heterocycles. The Balaban J connectivity index is 0. The Labute approximate surface area is 105 Å². The van der Waals surface area contributed by atoms with Crippen molar-refractivity contribution in [1.29, 1.82) is 0 Å². The lowest BCUT2D eigenvalue weighted by molar-refractivity contribution is -0.137. The van der Waals surface area contributed by atoms with Gasteiger partial charge in [0, 0.05) is 6.42 Å². The Hall–Kier alpha value is -1.09. The molecule has 100 valence electrons. The van der Waals surface area contributed by atoms with Crippen LogP contribution in [0.1, 0.15) is 53.9 Å². The largest absolute Gasteiger partial charge is 0.481 e. The van der Waals surface area contributed by atoms with Crippen LogP contribution in [0.15, 0.2) is 22.8 Å². The summed E-state index contributed by atoms with van der Waals surface area (Å²) in [5.41, 5.74) is 3.66. The third-order valence-electron chi connectivity index (χ3n) is 2.12. The smallest absolute Gasteiger partial charge is 0.303 e. The standard InChI is InChI=1S/C10H18O.C4H8O2/c1-8(2)5-6-10(7-11)9(3)4;1-2-3-4(5)6/h5,11H,6-7H2,1-4H3;2-3H2,1H3,(H,5,6). The van der Waals surface area contributed by atoms with Gasteiger partial charge in [-0.05, 0) is 46.1 Å². The van der Waals surface area contributed by atoms with Crippen molar-refractivity contribution >= 4 is 5.97 Å². The number of hydrogen-bond donors (Lipinski definition) is 2. The third-order valence-corrected chi connectivity index (χ3v) is 2.12. The van der Waals surface area contributed by atoms with Crippen LogP contribution < -0.4 is 0 Å². The number of aliphatic hydroxyl groups excluding tert-OH is 1. The number of carboxylic acid groups (broad SMARTS) is 1. The molecule has 0 saturated carbocycles. The van der Waals surface area contributed by atoms with E-state index in [2.05, 4.69) is 19.9 Å². The fourth-order valence-electron chi connectivity index (χ4n) is 0.968. The minimum atomic E-state index is -0.711. The van der Waals surface area contributed by atoms with Gasteiger partial charge in [-0.2, -0.15) is 0 Å². The van der Waals surface area contributed by atoms with Crippen molar-refractivity contribution in [2.75, 3.05) is 6.61 Å². The van der Waals surface area contributed by atoms with Crippen molar-refractivity contribution in [3.05, 3.63) is 22.8 Å². The van der Waals surface area contributed by atoms with Gasteiger partial charge in [0.25, 0.3) is 0 Å².